The van der Waals surface area contributed by atoms with Crippen LogP contribution in [-0.4, -0.2) is 53.8 Å². The first-order valence-corrected chi connectivity index (χ1v) is 11.4. The maximum Gasteiger partial charge on any atom is 0.393 e. The number of thiophene rings is 1. The van der Waals surface area contributed by atoms with Gasteiger partial charge >= 0.3 is 6.18 Å². The van der Waals surface area contributed by atoms with E-state index in [-0.39, 0.29) is 0 Å². The summed E-state index contributed by atoms with van der Waals surface area (Å²) >= 11 is 1.13. The Balaban J connectivity index is 1.46. The SMILES string of the molecule is CCC(C)CN1CCC2(CC1)CCN(c1ncnc3sc(CC(F)(F)F)cc13)C2. The molecule has 2 fully saturated rings. The van der Waals surface area contributed by atoms with Crippen molar-refractivity contribution in [1.29, 1.82) is 0 Å². The highest BCUT2D eigenvalue weighted by atomic mass is 32.1. The van der Waals surface area contributed by atoms with Crippen LogP contribution in [0.5, 0.6) is 0 Å². The van der Waals surface area contributed by atoms with Crippen LogP contribution < -0.4 is 4.90 Å². The Labute approximate surface area is 174 Å². The molecule has 0 amide bonds. The Bertz CT molecular complexity index is 842. The van der Waals surface area contributed by atoms with Gasteiger partial charge in [0.05, 0.1) is 11.8 Å². The number of piperidine rings is 1. The summed E-state index contributed by atoms with van der Waals surface area (Å²) in [5.74, 6) is 1.54. The normalized spacial score (nSPS) is 21.3. The molecule has 2 aromatic rings. The molecule has 2 saturated heterocycles. The smallest absolute Gasteiger partial charge is 0.355 e. The van der Waals surface area contributed by atoms with Crippen molar-refractivity contribution in [1.82, 2.24) is 14.9 Å². The summed E-state index contributed by atoms with van der Waals surface area (Å²) < 4.78 is 38.4. The summed E-state index contributed by atoms with van der Waals surface area (Å²) in [7, 11) is 0. The molecule has 0 saturated carbocycles. The van der Waals surface area contributed by atoms with Crippen LogP contribution in [0.1, 0.15) is 44.4 Å². The molecule has 0 aromatic carbocycles. The maximum absolute atomic E-state index is 12.8. The molecule has 2 aliphatic heterocycles. The number of likely N-dealkylation sites (tertiary alicyclic amines) is 1. The maximum atomic E-state index is 12.8. The summed E-state index contributed by atoms with van der Waals surface area (Å²) in [6.07, 6.45) is 1.13. The minimum atomic E-state index is -4.20. The Hall–Kier alpha value is -1.41. The average Bonchev–Trinajstić information content (AvgIpc) is 3.26. The number of hydrogen-bond acceptors (Lipinski definition) is 5. The highest BCUT2D eigenvalue weighted by molar-refractivity contribution is 7.18. The quantitative estimate of drug-likeness (QED) is 0.663. The summed E-state index contributed by atoms with van der Waals surface area (Å²) in [5.41, 5.74) is 0.314. The van der Waals surface area contributed by atoms with E-state index >= 15 is 0 Å². The number of rotatable bonds is 5. The van der Waals surface area contributed by atoms with E-state index in [9.17, 15) is 13.2 Å². The Kier molecular flexibility index (Phi) is 5.77. The van der Waals surface area contributed by atoms with Crippen LogP contribution in [0.2, 0.25) is 0 Å². The molecule has 0 N–H and O–H groups in total. The third-order valence-corrected chi connectivity index (χ3v) is 7.70. The van der Waals surface area contributed by atoms with Gasteiger partial charge in [-0.15, -0.1) is 11.3 Å². The second kappa shape index (κ2) is 8.02. The number of anilines is 1. The van der Waals surface area contributed by atoms with Crippen molar-refractivity contribution in [2.24, 2.45) is 11.3 Å². The third kappa shape index (κ3) is 4.68. The lowest BCUT2D eigenvalue weighted by Gasteiger charge is -2.40. The summed E-state index contributed by atoms with van der Waals surface area (Å²) in [5, 5.41) is 0.767. The van der Waals surface area contributed by atoms with Crippen LogP contribution >= 0.6 is 11.3 Å². The molecule has 4 rings (SSSR count). The van der Waals surface area contributed by atoms with E-state index < -0.39 is 12.6 Å². The molecule has 4 heterocycles. The highest BCUT2D eigenvalue weighted by Crippen LogP contribution is 2.43. The van der Waals surface area contributed by atoms with Gasteiger partial charge in [-0.1, -0.05) is 20.3 Å². The van der Waals surface area contributed by atoms with E-state index in [1.54, 1.807) is 6.07 Å². The van der Waals surface area contributed by atoms with E-state index in [1.807, 2.05) is 0 Å². The summed E-state index contributed by atoms with van der Waals surface area (Å²) in [4.78, 5) is 14.5. The molecule has 2 aliphatic rings. The zero-order valence-corrected chi connectivity index (χ0v) is 18.0. The van der Waals surface area contributed by atoms with Gasteiger partial charge in [0, 0.05) is 24.5 Å². The van der Waals surface area contributed by atoms with Crippen molar-refractivity contribution < 1.29 is 13.2 Å². The first-order valence-electron chi connectivity index (χ1n) is 10.5. The molecule has 1 atom stereocenters. The Morgan fingerprint density at radius 1 is 1.17 bits per heavy atom. The number of fused-ring (bicyclic) bond motifs is 1. The van der Waals surface area contributed by atoms with Gasteiger partial charge in [-0.3, -0.25) is 0 Å². The van der Waals surface area contributed by atoms with E-state index in [0.717, 1.165) is 61.1 Å². The molecular weight excluding hydrogens is 397 g/mol. The molecule has 0 radical (unpaired) electrons. The standard InChI is InChI=1S/C21H29F3N4S/c1-3-15(2)12-27-7-4-20(5-8-27)6-9-28(13-20)18-17-10-16(11-21(22,23)24)29-19(17)26-14-25-18/h10,14-15H,3-9,11-13H2,1-2H3. The molecule has 8 heteroatoms. The van der Waals surface area contributed by atoms with Crippen molar-refractivity contribution in [2.75, 3.05) is 37.6 Å². The fraction of sp³-hybridized carbons (Fsp3) is 0.714. The lowest BCUT2D eigenvalue weighted by atomic mass is 9.77. The summed E-state index contributed by atoms with van der Waals surface area (Å²) in [6.45, 7) is 9.90. The van der Waals surface area contributed by atoms with Gasteiger partial charge < -0.3 is 9.80 Å². The molecule has 1 unspecified atom stereocenters. The van der Waals surface area contributed by atoms with Crippen molar-refractivity contribution >= 4 is 27.4 Å². The fourth-order valence-electron chi connectivity index (χ4n) is 4.73. The second-order valence-corrected chi connectivity index (χ2v) is 10.0. The number of halogens is 3. The van der Waals surface area contributed by atoms with Gasteiger partial charge in [0.25, 0.3) is 0 Å². The second-order valence-electron chi connectivity index (χ2n) is 8.91. The van der Waals surface area contributed by atoms with E-state index in [1.165, 1.54) is 32.1 Å². The van der Waals surface area contributed by atoms with Gasteiger partial charge in [0.15, 0.2) is 0 Å². The van der Waals surface area contributed by atoms with Gasteiger partial charge in [-0.2, -0.15) is 13.2 Å². The van der Waals surface area contributed by atoms with Crippen LogP contribution in [0.15, 0.2) is 12.4 Å². The highest BCUT2D eigenvalue weighted by Gasteiger charge is 2.41. The number of alkyl halides is 3. The fourth-order valence-corrected chi connectivity index (χ4v) is 5.75. The molecule has 0 aliphatic carbocycles. The first kappa shape index (κ1) is 20.8. The van der Waals surface area contributed by atoms with Crippen LogP contribution in [-0.2, 0) is 6.42 Å². The van der Waals surface area contributed by atoms with Gasteiger partial charge in [0.2, 0.25) is 0 Å². The molecular formula is C21H29F3N4S. The largest absolute Gasteiger partial charge is 0.393 e. The number of hydrogen-bond donors (Lipinski definition) is 0. The van der Waals surface area contributed by atoms with Crippen LogP contribution in [0.4, 0.5) is 19.0 Å². The predicted octanol–water partition coefficient (Wildman–Crippen LogP) is 5.13. The predicted molar refractivity (Wildman–Crippen MR) is 112 cm³/mol. The topological polar surface area (TPSA) is 32.3 Å². The monoisotopic (exact) mass is 426 g/mol. The van der Waals surface area contributed by atoms with Crippen LogP contribution in [0, 0.1) is 11.3 Å². The lowest BCUT2D eigenvalue weighted by molar-refractivity contribution is -0.126. The molecule has 2 aromatic heterocycles. The molecule has 4 nitrogen and oxygen atoms in total. The average molecular weight is 427 g/mol. The minimum absolute atomic E-state index is 0.307. The Morgan fingerprint density at radius 2 is 1.90 bits per heavy atom. The molecule has 29 heavy (non-hydrogen) atoms. The van der Waals surface area contributed by atoms with Crippen molar-refractivity contribution in [3.05, 3.63) is 17.3 Å². The van der Waals surface area contributed by atoms with Crippen LogP contribution in [0.25, 0.3) is 10.2 Å². The molecule has 0 bridgehead atoms. The number of aromatic nitrogens is 2. The van der Waals surface area contributed by atoms with Crippen molar-refractivity contribution in [3.63, 3.8) is 0 Å². The van der Waals surface area contributed by atoms with E-state index in [4.69, 9.17) is 0 Å². The van der Waals surface area contributed by atoms with Crippen LogP contribution in [0.3, 0.4) is 0 Å². The molecule has 160 valence electrons. The van der Waals surface area contributed by atoms with Gasteiger partial charge in [-0.25, -0.2) is 9.97 Å². The number of nitrogens with zero attached hydrogens (tertiary/aromatic N) is 4. The Morgan fingerprint density at radius 3 is 2.59 bits per heavy atom. The molecule has 1 spiro atoms. The van der Waals surface area contributed by atoms with Gasteiger partial charge in [0.1, 0.15) is 17.0 Å². The first-order chi connectivity index (χ1) is 13.8. The third-order valence-electron chi connectivity index (χ3n) is 6.66. The van der Waals surface area contributed by atoms with E-state index in [2.05, 4.69) is 33.6 Å². The van der Waals surface area contributed by atoms with Crippen molar-refractivity contribution in [2.45, 2.75) is 52.1 Å². The zero-order valence-electron chi connectivity index (χ0n) is 17.1. The minimum Gasteiger partial charge on any atom is -0.355 e. The van der Waals surface area contributed by atoms with E-state index in [0.29, 0.717) is 15.1 Å². The van der Waals surface area contributed by atoms with Gasteiger partial charge in [-0.05, 0) is 49.8 Å². The zero-order chi connectivity index (χ0) is 20.6. The summed E-state index contributed by atoms with van der Waals surface area (Å²) in [6, 6.07) is 1.64. The van der Waals surface area contributed by atoms with Crippen molar-refractivity contribution in [3.8, 4) is 0 Å². The lowest BCUT2D eigenvalue weighted by Crippen LogP contribution is -2.43.